The van der Waals surface area contributed by atoms with Gasteiger partial charge in [0, 0.05) is 7.05 Å². The second-order valence-electron chi connectivity index (χ2n) is 2.48. The average Bonchev–Trinajstić information content (AvgIpc) is 1.95. The first-order valence-corrected chi connectivity index (χ1v) is 3.41. The molecule has 0 bridgehead atoms. The maximum atomic E-state index is 11.0. The van der Waals surface area contributed by atoms with E-state index < -0.39 is 5.28 Å². The molecule has 56 valence electrons. The van der Waals surface area contributed by atoms with Gasteiger partial charge in [-0.2, -0.15) is 0 Å². The number of hydrogen-bond donors (Lipinski definition) is 1. The molecule has 0 saturated carbocycles. The van der Waals surface area contributed by atoms with Crippen LogP contribution in [-0.4, -0.2) is 29.0 Å². The summed E-state index contributed by atoms with van der Waals surface area (Å²) in [6.07, 6.45) is 0.0903. The number of carbonyl (C=O) groups excluding carboxylic acids is 2. The van der Waals surface area contributed by atoms with Crippen LogP contribution in [0.5, 0.6) is 0 Å². The van der Waals surface area contributed by atoms with Gasteiger partial charge in [-0.15, -0.1) is 9.24 Å². The fourth-order valence-electron chi connectivity index (χ4n) is 0.870. The minimum absolute atomic E-state index is 0.0903. The lowest BCUT2D eigenvalue weighted by atomic mass is 10.2. The van der Waals surface area contributed by atoms with Crippen molar-refractivity contribution in [2.45, 2.75) is 11.7 Å². The van der Waals surface area contributed by atoms with Gasteiger partial charge in [-0.25, -0.2) is 0 Å². The van der Waals surface area contributed by atoms with E-state index in [9.17, 15) is 9.59 Å². The van der Waals surface area contributed by atoms with E-state index in [0.29, 0.717) is 0 Å². The van der Waals surface area contributed by atoms with Gasteiger partial charge in [0.25, 0.3) is 5.91 Å². The van der Waals surface area contributed by atoms with E-state index >= 15 is 0 Å². The van der Waals surface area contributed by atoms with E-state index in [2.05, 4.69) is 9.24 Å². The third kappa shape index (κ3) is 0.935. The molecule has 1 heterocycles. The van der Waals surface area contributed by atoms with Crippen LogP contribution in [0.15, 0.2) is 0 Å². The zero-order chi connectivity index (χ0) is 7.94. The van der Waals surface area contributed by atoms with Gasteiger partial charge in [-0.3, -0.25) is 14.5 Å². The summed E-state index contributed by atoms with van der Waals surface area (Å²) in [5.41, 5.74) is 5.45. The lowest BCUT2D eigenvalue weighted by Gasteiger charge is -2.12. The van der Waals surface area contributed by atoms with Crippen LogP contribution in [0, 0.1) is 0 Å². The lowest BCUT2D eigenvalue weighted by molar-refractivity contribution is -0.137. The second kappa shape index (κ2) is 2.01. The lowest BCUT2D eigenvalue weighted by Crippen LogP contribution is -2.41. The molecule has 0 aromatic carbocycles. The number of carbonyl (C=O) groups is 2. The monoisotopic (exact) mass is 160 g/mol. The second-order valence-corrected chi connectivity index (χ2v) is 3.51. The molecular weight excluding hydrogens is 151 g/mol. The highest BCUT2D eigenvalue weighted by atomic mass is 31.0. The van der Waals surface area contributed by atoms with Crippen LogP contribution < -0.4 is 5.73 Å². The molecule has 0 radical (unpaired) electrons. The van der Waals surface area contributed by atoms with Gasteiger partial charge in [0.1, 0.15) is 5.28 Å². The predicted molar refractivity (Wildman–Crippen MR) is 39.0 cm³/mol. The van der Waals surface area contributed by atoms with E-state index in [0.717, 1.165) is 4.90 Å². The first-order valence-electron chi connectivity index (χ1n) is 2.84. The van der Waals surface area contributed by atoms with Gasteiger partial charge in [0.15, 0.2) is 0 Å². The Morgan fingerprint density at radius 1 is 1.70 bits per heavy atom. The van der Waals surface area contributed by atoms with E-state index in [1.807, 2.05) is 0 Å². The maximum absolute atomic E-state index is 11.0. The van der Waals surface area contributed by atoms with E-state index in [4.69, 9.17) is 5.73 Å². The molecule has 1 aliphatic heterocycles. The van der Waals surface area contributed by atoms with Crippen molar-refractivity contribution in [3.05, 3.63) is 0 Å². The van der Waals surface area contributed by atoms with Crippen molar-refractivity contribution in [2.75, 3.05) is 7.05 Å². The SMILES string of the molecule is CN1C(=O)C[C@](N)(P)C1=O. The first kappa shape index (κ1) is 7.63. The Kier molecular flexibility index (Phi) is 1.53. The number of rotatable bonds is 0. The minimum Gasteiger partial charge on any atom is -0.314 e. The summed E-state index contributed by atoms with van der Waals surface area (Å²) in [6.45, 7) is 0. The topological polar surface area (TPSA) is 63.4 Å². The smallest absolute Gasteiger partial charge is 0.253 e. The number of imide groups is 1. The number of likely N-dealkylation sites (N-methyl/N-ethyl adjacent to an activating group) is 1. The Bertz CT molecular complexity index is 202. The van der Waals surface area contributed by atoms with Gasteiger partial charge in [0.2, 0.25) is 5.91 Å². The Morgan fingerprint density at radius 2 is 2.20 bits per heavy atom. The predicted octanol–water partition coefficient (Wildman–Crippen LogP) is -1.09. The summed E-state index contributed by atoms with van der Waals surface area (Å²) in [7, 11) is 3.62. The molecule has 0 aliphatic carbocycles. The van der Waals surface area contributed by atoms with E-state index in [-0.39, 0.29) is 18.2 Å². The molecule has 4 nitrogen and oxygen atoms in total. The molecule has 1 saturated heterocycles. The molecule has 1 fully saturated rings. The van der Waals surface area contributed by atoms with Crippen LogP contribution in [0.4, 0.5) is 0 Å². The van der Waals surface area contributed by atoms with E-state index in [1.165, 1.54) is 7.05 Å². The van der Waals surface area contributed by atoms with Crippen molar-refractivity contribution < 1.29 is 9.59 Å². The summed E-state index contributed by atoms with van der Waals surface area (Å²) in [4.78, 5) is 22.9. The van der Waals surface area contributed by atoms with Crippen molar-refractivity contribution in [2.24, 2.45) is 5.73 Å². The third-order valence-corrected chi connectivity index (χ3v) is 1.97. The van der Waals surface area contributed by atoms with Gasteiger partial charge in [-0.05, 0) is 0 Å². The summed E-state index contributed by atoms with van der Waals surface area (Å²) in [5.74, 6) is -0.551. The molecule has 1 aliphatic rings. The average molecular weight is 160 g/mol. The molecule has 5 heteroatoms. The van der Waals surface area contributed by atoms with Crippen molar-refractivity contribution in [3.63, 3.8) is 0 Å². The third-order valence-electron chi connectivity index (χ3n) is 1.52. The number of nitrogens with zero attached hydrogens (tertiary/aromatic N) is 1. The van der Waals surface area contributed by atoms with Crippen molar-refractivity contribution in [3.8, 4) is 0 Å². The highest BCUT2D eigenvalue weighted by molar-refractivity contribution is 7.21. The number of hydrogen-bond acceptors (Lipinski definition) is 3. The van der Waals surface area contributed by atoms with Crippen LogP contribution in [0.2, 0.25) is 0 Å². The van der Waals surface area contributed by atoms with Crippen molar-refractivity contribution in [1.82, 2.24) is 4.90 Å². The number of nitrogens with two attached hydrogens (primary N) is 1. The Balaban J connectivity index is 2.92. The largest absolute Gasteiger partial charge is 0.314 e. The molecule has 0 spiro atoms. The van der Waals surface area contributed by atoms with Crippen LogP contribution in [0.25, 0.3) is 0 Å². The summed E-state index contributed by atoms with van der Waals surface area (Å²) in [6, 6.07) is 0. The van der Waals surface area contributed by atoms with Crippen LogP contribution in [0.3, 0.4) is 0 Å². The summed E-state index contributed by atoms with van der Waals surface area (Å²) >= 11 is 0. The molecule has 0 aromatic rings. The summed E-state index contributed by atoms with van der Waals surface area (Å²) in [5, 5.41) is -1.05. The Labute approximate surface area is 60.9 Å². The standard InChI is InChI=1S/C5H9N2O2P/c1-7-3(8)2-5(6,10)4(7)9/h2,6,10H2,1H3/t5-/m0/s1. The Hall–Kier alpha value is -0.470. The molecule has 2 amide bonds. The maximum Gasteiger partial charge on any atom is 0.253 e. The molecular formula is C5H9N2O2P. The zero-order valence-electron chi connectivity index (χ0n) is 5.63. The van der Waals surface area contributed by atoms with Gasteiger partial charge in [-0.1, -0.05) is 0 Å². The fraction of sp³-hybridized carbons (Fsp3) is 0.600. The van der Waals surface area contributed by atoms with Crippen LogP contribution >= 0.6 is 9.24 Å². The molecule has 10 heavy (non-hydrogen) atoms. The van der Waals surface area contributed by atoms with E-state index in [1.54, 1.807) is 0 Å². The first-order chi connectivity index (χ1) is 4.45. The molecule has 0 aromatic heterocycles. The normalized spacial score (nSPS) is 33.7. The quantitative estimate of drug-likeness (QED) is 0.361. The van der Waals surface area contributed by atoms with Crippen molar-refractivity contribution >= 4 is 21.1 Å². The zero-order valence-corrected chi connectivity index (χ0v) is 6.78. The Morgan fingerprint density at radius 3 is 2.30 bits per heavy atom. The number of likely N-dealkylation sites (tertiary alicyclic amines) is 1. The van der Waals surface area contributed by atoms with Crippen LogP contribution in [0.1, 0.15) is 6.42 Å². The molecule has 1 unspecified atom stereocenters. The molecule has 1 rings (SSSR count). The fourth-order valence-corrected chi connectivity index (χ4v) is 1.24. The van der Waals surface area contributed by atoms with Gasteiger partial charge >= 0.3 is 0 Å². The van der Waals surface area contributed by atoms with Gasteiger partial charge < -0.3 is 5.73 Å². The van der Waals surface area contributed by atoms with Gasteiger partial charge in [0.05, 0.1) is 6.42 Å². The van der Waals surface area contributed by atoms with Crippen LogP contribution in [-0.2, 0) is 9.59 Å². The highest BCUT2D eigenvalue weighted by Gasteiger charge is 2.43. The summed E-state index contributed by atoms with van der Waals surface area (Å²) < 4.78 is 0. The minimum atomic E-state index is -1.05. The molecule has 2 N–H and O–H groups in total. The number of amides is 2. The van der Waals surface area contributed by atoms with Crippen molar-refractivity contribution in [1.29, 1.82) is 0 Å². The highest BCUT2D eigenvalue weighted by Crippen LogP contribution is 2.25. The molecule has 2 atom stereocenters.